The topological polar surface area (TPSA) is 38.3 Å². The third-order valence-electron chi connectivity index (χ3n) is 4.79. The van der Waals surface area contributed by atoms with Crippen LogP contribution in [0.25, 0.3) is 0 Å². The first-order valence-corrected chi connectivity index (χ1v) is 7.84. The first kappa shape index (κ1) is 13.5. The summed E-state index contributed by atoms with van der Waals surface area (Å²) in [5, 5.41) is 2.80. The lowest BCUT2D eigenvalue weighted by molar-refractivity contribution is 0.0339. The summed E-state index contributed by atoms with van der Waals surface area (Å²) in [6.07, 6.45) is 8.57. The number of para-hydroxylation sites is 1. The van der Waals surface area contributed by atoms with E-state index in [2.05, 4.69) is 5.32 Å². The first-order chi connectivity index (χ1) is 9.81. The fourth-order valence-corrected chi connectivity index (χ4v) is 3.76. The average Bonchev–Trinajstić information content (AvgIpc) is 2.48. The average molecular weight is 273 g/mol. The highest BCUT2D eigenvalue weighted by Gasteiger charge is 2.33. The minimum absolute atomic E-state index is 0.109. The highest BCUT2D eigenvalue weighted by Crippen LogP contribution is 2.41. The Bertz CT molecular complexity index is 446. The quantitative estimate of drug-likeness (QED) is 0.855. The smallest absolute Gasteiger partial charge is 0.411 e. The maximum atomic E-state index is 11.9. The molecular formula is C17H23NO2. The van der Waals surface area contributed by atoms with Crippen LogP contribution in [-0.2, 0) is 4.74 Å². The Balaban J connectivity index is 1.49. The van der Waals surface area contributed by atoms with E-state index in [1.165, 1.54) is 32.1 Å². The van der Waals surface area contributed by atoms with Crippen molar-refractivity contribution in [3.8, 4) is 0 Å². The Labute approximate surface area is 120 Å². The van der Waals surface area contributed by atoms with Gasteiger partial charge in [-0.3, -0.25) is 5.32 Å². The molecule has 2 aliphatic carbocycles. The summed E-state index contributed by atoms with van der Waals surface area (Å²) in [4.78, 5) is 11.9. The van der Waals surface area contributed by atoms with E-state index >= 15 is 0 Å². The van der Waals surface area contributed by atoms with Crippen molar-refractivity contribution in [1.82, 2.24) is 0 Å². The minimum Gasteiger partial charge on any atom is -0.446 e. The first-order valence-electron chi connectivity index (χ1n) is 7.84. The molecule has 2 saturated carbocycles. The SMILES string of the molecule is O=C(Nc1ccccc1)O[C@H]1CC[C@@H]2CCCC[C@@H]2C1. The van der Waals surface area contributed by atoms with Crippen LogP contribution in [0, 0.1) is 11.8 Å². The minimum atomic E-state index is -0.310. The fourth-order valence-electron chi connectivity index (χ4n) is 3.76. The summed E-state index contributed by atoms with van der Waals surface area (Å²) >= 11 is 0. The van der Waals surface area contributed by atoms with Gasteiger partial charge in [0.2, 0.25) is 0 Å². The molecule has 20 heavy (non-hydrogen) atoms. The lowest BCUT2D eigenvalue weighted by atomic mass is 9.70. The molecule has 2 fully saturated rings. The molecule has 108 valence electrons. The molecule has 3 rings (SSSR count). The van der Waals surface area contributed by atoms with Gasteiger partial charge in [-0.15, -0.1) is 0 Å². The monoisotopic (exact) mass is 273 g/mol. The van der Waals surface area contributed by atoms with Crippen LogP contribution >= 0.6 is 0 Å². The summed E-state index contributed by atoms with van der Waals surface area (Å²) < 4.78 is 5.59. The predicted molar refractivity (Wildman–Crippen MR) is 79.6 cm³/mol. The molecule has 1 N–H and O–H groups in total. The summed E-state index contributed by atoms with van der Waals surface area (Å²) in [7, 11) is 0. The van der Waals surface area contributed by atoms with Gasteiger partial charge in [-0.05, 0) is 43.2 Å². The van der Waals surface area contributed by atoms with Crippen LogP contribution in [0.2, 0.25) is 0 Å². The number of rotatable bonds is 2. The van der Waals surface area contributed by atoms with Crippen LogP contribution < -0.4 is 5.32 Å². The normalized spacial score (nSPS) is 29.3. The molecule has 0 aliphatic heterocycles. The molecule has 1 aromatic rings. The van der Waals surface area contributed by atoms with E-state index < -0.39 is 0 Å². The van der Waals surface area contributed by atoms with E-state index in [9.17, 15) is 4.79 Å². The van der Waals surface area contributed by atoms with Crippen LogP contribution in [0.5, 0.6) is 0 Å². The number of hydrogen-bond acceptors (Lipinski definition) is 2. The number of nitrogens with one attached hydrogen (secondary N) is 1. The van der Waals surface area contributed by atoms with Crippen LogP contribution in [0.3, 0.4) is 0 Å². The van der Waals surface area contributed by atoms with Crippen molar-refractivity contribution in [1.29, 1.82) is 0 Å². The Morgan fingerprint density at radius 1 is 1.00 bits per heavy atom. The maximum Gasteiger partial charge on any atom is 0.411 e. The third-order valence-corrected chi connectivity index (χ3v) is 4.79. The van der Waals surface area contributed by atoms with E-state index in [0.29, 0.717) is 0 Å². The largest absolute Gasteiger partial charge is 0.446 e. The molecular weight excluding hydrogens is 250 g/mol. The van der Waals surface area contributed by atoms with Crippen molar-refractivity contribution >= 4 is 11.8 Å². The van der Waals surface area contributed by atoms with E-state index in [4.69, 9.17) is 4.74 Å². The van der Waals surface area contributed by atoms with E-state index in [-0.39, 0.29) is 12.2 Å². The maximum absolute atomic E-state index is 11.9. The Hall–Kier alpha value is -1.51. The highest BCUT2D eigenvalue weighted by atomic mass is 16.6. The standard InChI is InChI=1S/C17H23NO2/c19-17(18-15-8-2-1-3-9-15)20-16-11-10-13-6-4-5-7-14(13)12-16/h1-3,8-9,13-14,16H,4-7,10-12H2,(H,18,19)/t13-,14+,16-/m0/s1. The van der Waals surface area contributed by atoms with Gasteiger partial charge in [0.25, 0.3) is 0 Å². The summed E-state index contributed by atoms with van der Waals surface area (Å²) in [5.41, 5.74) is 0.795. The zero-order valence-corrected chi connectivity index (χ0v) is 11.9. The zero-order chi connectivity index (χ0) is 13.8. The zero-order valence-electron chi connectivity index (χ0n) is 11.9. The number of carbonyl (C=O) groups is 1. The number of benzene rings is 1. The van der Waals surface area contributed by atoms with Crippen molar-refractivity contribution in [2.24, 2.45) is 11.8 Å². The van der Waals surface area contributed by atoms with Gasteiger partial charge in [0, 0.05) is 5.69 Å². The van der Waals surface area contributed by atoms with Crippen molar-refractivity contribution in [2.75, 3.05) is 5.32 Å². The molecule has 0 radical (unpaired) electrons. The molecule has 3 heteroatoms. The van der Waals surface area contributed by atoms with Gasteiger partial charge in [-0.25, -0.2) is 4.79 Å². The lowest BCUT2D eigenvalue weighted by Gasteiger charge is -2.38. The van der Waals surface area contributed by atoms with Crippen LogP contribution in [0.15, 0.2) is 30.3 Å². The van der Waals surface area contributed by atoms with Crippen molar-refractivity contribution in [3.63, 3.8) is 0 Å². The van der Waals surface area contributed by atoms with E-state index in [0.717, 1.165) is 30.4 Å². The molecule has 3 atom stereocenters. The molecule has 0 spiro atoms. The second-order valence-electron chi connectivity index (χ2n) is 6.14. The summed E-state index contributed by atoms with van der Waals surface area (Å²) in [6.45, 7) is 0. The van der Waals surface area contributed by atoms with Crippen molar-refractivity contribution < 1.29 is 9.53 Å². The highest BCUT2D eigenvalue weighted by molar-refractivity contribution is 5.84. The van der Waals surface area contributed by atoms with Crippen molar-refractivity contribution in [2.45, 2.75) is 51.0 Å². The van der Waals surface area contributed by atoms with Crippen LogP contribution in [-0.4, -0.2) is 12.2 Å². The number of carbonyl (C=O) groups excluding carboxylic acids is 1. The molecule has 3 nitrogen and oxygen atoms in total. The van der Waals surface area contributed by atoms with E-state index in [1.54, 1.807) is 0 Å². The molecule has 0 aromatic heterocycles. The van der Waals surface area contributed by atoms with Gasteiger partial charge in [-0.1, -0.05) is 43.9 Å². The second kappa shape index (κ2) is 6.29. The number of anilines is 1. The molecule has 0 unspecified atom stereocenters. The molecule has 0 heterocycles. The van der Waals surface area contributed by atoms with Gasteiger partial charge in [-0.2, -0.15) is 0 Å². The number of fused-ring (bicyclic) bond motifs is 1. The number of hydrogen-bond donors (Lipinski definition) is 1. The van der Waals surface area contributed by atoms with Crippen LogP contribution in [0.1, 0.15) is 44.9 Å². The van der Waals surface area contributed by atoms with Gasteiger partial charge in [0.1, 0.15) is 6.10 Å². The molecule has 2 aliphatic rings. The molecule has 0 saturated heterocycles. The van der Waals surface area contributed by atoms with Gasteiger partial charge in [0.15, 0.2) is 0 Å². The van der Waals surface area contributed by atoms with Gasteiger partial charge >= 0.3 is 6.09 Å². The Kier molecular flexibility index (Phi) is 4.24. The second-order valence-corrected chi connectivity index (χ2v) is 6.14. The predicted octanol–water partition coefficient (Wildman–Crippen LogP) is 4.59. The Morgan fingerprint density at radius 3 is 2.55 bits per heavy atom. The van der Waals surface area contributed by atoms with Crippen LogP contribution in [0.4, 0.5) is 10.5 Å². The molecule has 1 aromatic carbocycles. The lowest BCUT2D eigenvalue weighted by Crippen LogP contribution is -2.33. The third kappa shape index (κ3) is 3.33. The fraction of sp³-hybridized carbons (Fsp3) is 0.588. The number of amides is 1. The van der Waals surface area contributed by atoms with E-state index in [1.807, 2.05) is 30.3 Å². The van der Waals surface area contributed by atoms with Gasteiger partial charge < -0.3 is 4.74 Å². The summed E-state index contributed by atoms with van der Waals surface area (Å²) in [5.74, 6) is 1.67. The summed E-state index contributed by atoms with van der Waals surface area (Å²) in [6, 6.07) is 9.49. The van der Waals surface area contributed by atoms with Gasteiger partial charge in [0.05, 0.1) is 0 Å². The van der Waals surface area contributed by atoms with Crippen molar-refractivity contribution in [3.05, 3.63) is 30.3 Å². The molecule has 0 bridgehead atoms. The Morgan fingerprint density at radius 2 is 1.75 bits per heavy atom. The molecule has 1 amide bonds. The number of ether oxygens (including phenoxy) is 1.